The molecule has 0 amide bonds. The minimum Gasteiger partial charge on any atom is -0.196 e. The smallest absolute Gasteiger partial charge is 0.196 e. The molecule has 0 saturated carbocycles. The normalized spacial score (nSPS) is 17.2. The van der Waals surface area contributed by atoms with E-state index in [-0.39, 0.29) is 0 Å². The van der Waals surface area contributed by atoms with E-state index >= 15 is 0 Å². The minimum atomic E-state index is -5.44. The van der Waals surface area contributed by atoms with Crippen LogP contribution in [0.5, 0.6) is 0 Å². The molecule has 0 saturated heterocycles. The van der Waals surface area contributed by atoms with Crippen molar-refractivity contribution in [3.05, 3.63) is 0 Å². The van der Waals surface area contributed by atoms with Crippen molar-refractivity contribution in [2.75, 3.05) is 0 Å². The molecule has 1 atom stereocenters. The molecule has 0 aromatic carbocycles. The van der Waals surface area contributed by atoms with Crippen molar-refractivity contribution in [3.63, 3.8) is 0 Å². The highest BCUT2D eigenvalue weighted by Crippen LogP contribution is 2.46. The Labute approximate surface area is 106 Å². The first-order chi connectivity index (χ1) is 7.08. The van der Waals surface area contributed by atoms with Crippen LogP contribution in [0.1, 0.15) is 46.0 Å². The van der Waals surface area contributed by atoms with E-state index in [1.165, 1.54) is 0 Å². The van der Waals surface area contributed by atoms with E-state index in [1.54, 1.807) is 29.5 Å². The molecule has 0 spiro atoms. The molecular weight excluding hydrogens is 342 g/mol. The average molecular weight is 358 g/mol. The molecule has 16 heavy (non-hydrogen) atoms. The fourth-order valence-corrected chi connectivity index (χ4v) is 2.24. The van der Waals surface area contributed by atoms with Crippen LogP contribution < -0.4 is 0 Å². The van der Waals surface area contributed by atoms with Gasteiger partial charge in [-0.1, -0.05) is 49.3 Å². The monoisotopic (exact) mass is 358 g/mol. The van der Waals surface area contributed by atoms with Crippen LogP contribution in [0.25, 0.3) is 0 Å². The fourth-order valence-electron chi connectivity index (χ4n) is 1.38. The van der Waals surface area contributed by atoms with E-state index in [0.29, 0.717) is 19.3 Å². The Balaban J connectivity index is 4.64. The maximum absolute atomic E-state index is 12.9. The fraction of sp³-hybridized carbons (Fsp3) is 1.00. The molecule has 0 fully saturated rings. The second-order valence-corrected chi connectivity index (χ2v) is 6.28. The van der Waals surface area contributed by atoms with Crippen LogP contribution in [0.2, 0.25) is 0 Å². The lowest BCUT2D eigenvalue weighted by molar-refractivity contribution is -0.286. The predicted molar refractivity (Wildman–Crippen MR) is 62.2 cm³/mol. The summed E-state index contributed by atoms with van der Waals surface area (Å²) in [7, 11) is 0. The van der Waals surface area contributed by atoms with Crippen molar-refractivity contribution in [2.45, 2.75) is 61.5 Å². The Bertz CT molecular complexity index is 214. The number of hydrogen-bond donors (Lipinski definition) is 0. The van der Waals surface area contributed by atoms with Gasteiger partial charge < -0.3 is 0 Å². The Morgan fingerprint density at radius 3 is 1.81 bits per heavy atom. The third-order valence-corrected chi connectivity index (χ3v) is 4.25. The Morgan fingerprint density at radius 2 is 1.50 bits per heavy atom. The van der Waals surface area contributed by atoms with Crippen LogP contribution in [0.3, 0.4) is 0 Å². The number of unbranched alkanes of at least 4 members (excludes halogenated alkanes) is 1. The summed E-state index contributed by atoms with van der Waals surface area (Å²) in [6, 6.07) is 0. The summed E-state index contributed by atoms with van der Waals surface area (Å²) in [5.41, 5.74) is 0. The standard InChI is InChI=1S/C10H16F5I/c1-3-5-6-8(16,4-2)7-9(11,12)10(13,14)15/h3-7H2,1-2H3. The van der Waals surface area contributed by atoms with Crippen LogP contribution in [-0.4, -0.2) is 15.5 Å². The molecule has 0 aromatic rings. The Hall–Kier alpha value is 0.380. The van der Waals surface area contributed by atoms with Crippen molar-refractivity contribution in [2.24, 2.45) is 0 Å². The molecule has 0 nitrogen and oxygen atoms in total. The molecule has 0 aromatic heterocycles. The lowest BCUT2D eigenvalue weighted by Crippen LogP contribution is -2.42. The summed E-state index contributed by atoms with van der Waals surface area (Å²) < 4.78 is 61.1. The zero-order valence-electron chi connectivity index (χ0n) is 9.30. The van der Waals surface area contributed by atoms with Gasteiger partial charge >= 0.3 is 12.1 Å². The molecular formula is C10H16F5I. The summed E-state index contributed by atoms with van der Waals surface area (Å²) >= 11 is 1.75. The highest BCUT2D eigenvalue weighted by molar-refractivity contribution is 14.1. The van der Waals surface area contributed by atoms with E-state index in [0.717, 1.165) is 6.42 Å². The number of hydrogen-bond acceptors (Lipinski definition) is 0. The summed E-state index contributed by atoms with van der Waals surface area (Å²) in [4.78, 5) is 0. The molecule has 0 radical (unpaired) electrons. The van der Waals surface area contributed by atoms with Gasteiger partial charge in [0.1, 0.15) is 0 Å². The second-order valence-electron chi connectivity index (χ2n) is 3.99. The molecule has 0 heterocycles. The number of halogens is 6. The van der Waals surface area contributed by atoms with Crippen LogP contribution in [0.15, 0.2) is 0 Å². The SMILES string of the molecule is CCCCC(I)(CC)CC(F)(F)C(F)(F)F. The van der Waals surface area contributed by atoms with Gasteiger partial charge in [0, 0.05) is 9.84 Å². The molecule has 0 rings (SSSR count). The third-order valence-electron chi connectivity index (χ3n) is 2.57. The highest BCUT2D eigenvalue weighted by Gasteiger charge is 2.59. The lowest BCUT2D eigenvalue weighted by Gasteiger charge is -2.31. The van der Waals surface area contributed by atoms with Gasteiger partial charge in [0.25, 0.3) is 0 Å². The van der Waals surface area contributed by atoms with Gasteiger partial charge in [0.2, 0.25) is 0 Å². The van der Waals surface area contributed by atoms with Crippen LogP contribution in [0.4, 0.5) is 22.0 Å². The van der Waals surface area contributed by atoms with Gasteiger partial charge in [0.05, 0.1) is 0 Å². The maximum Gasteiger partial charge on any atom is 0.453 e. The first-order valence-corrected chi connectivity index (χ1v) is 6.29. The van der Waals surface area contributed by atoms with E-state index in [9.17, 15) is 22.0 Å². The summed E-state index contributed by atoms with van der Waals surface area (Å²) in [5.74, 6) is -4.59. The zero-order chi connectivity index (χ0) is 13.0. The third kappa shape index (κ3) is 4.71. The van der Waals surface area contributed by atoms with Gasteiger partial charge in [0.15, 0.2) is 0 Å². The molecule has 1 unspecified atom stereocenters. The topological polar surface area (TPSA) is 0 Å². The van der Waals surface area contributed by atoms with Gasteiger partial charge in [-0.25, -0.2) is 0 Å². The number of alkyl halides is 6. The van der Waals surface area contributed by atoms with Crippen molar-refractivity contribution >= 4 is 22.6 Å². The van der Waals surface area contributed by atoms with E-state index < -0.39 is 21.9 Å². The van der Waals surface area contributed by atoms with Crippen LogP contribution in [0, 0.1) is 0 Å². The van der Waals surface area contributed by atoms with E-state index in [2.05, 4.69) is 0 Å². The summed E-state index contributed by atoms with van der Waals surface area (Å²) in [5, 5.41) is 0. The second kappa shape index (κ2) is 5.82. The summed E-state index contributed by atoms with van der Waals surface area (Å²) in [6.45, 7) is 3.53. The maximum atomic E-state index is 12.9. The van der Waals surface area contributed by atoms with Gasteiger partial charge in [-0.05, 0) is 12.8 Å². The Morgan fingerprint density at radius 1 is 1.00 bits per heavy atom. The molecule has 0 N–H and O–H groups in total. The quantitative estimate of drug-likeness (QED) is 0.341. The average Bonchev–Trinajstić information content (AvgIpc) is 2.12. The molecule has 0 bridgehead atoms. The lowest BCUT2D eigenvalue weighted by atomic mass is 9.92. The van der Waals surface area contributed by atoms with Crippen molar-refractivity contribution in [1.29, 1.82) is 0 Å². The van der Waals surface area contributed by atoms with Gasteiger partial charge in [-0.2, -0.15) is 22.0 Å². The highest BCUT2D eigenvalue weighted by atomic mass is 127. The minimum absolute atomic E-state index is 0.319. The van der Waals surface area contributed by atoms with Gasteiger partial charge in [-0.15, -0.1) is 0 Å². The first kappa shape index (κ1) is 16.4. The molecule has 0 aliphatic carbocycles. The molecule has 6 heteroatoms. The molecule has 98 valence electrons. The summed E-state index contributed by atoms with van der Waals surface area (Å²) in [6.07, 6.45) is -4.39. The van der Waals surface area contributed by atoms with Crippen molar-refractivity contribution < 1.29 is 22.0 Å². The molecule has 0 aliphatic rings. The zero-order valence-corrected chi connectivity index (χ0v) is 11.5. The number of rotatable bonds is 6. The van der Waals surface area contributed by atoms with E-state index in [4.69, 9.17) is 0 Å². The Kier molecular flexibility index (Phi) is 5.96. The van der Waals surface area contributed by atoms with Crippen molar-refractivity contribution in [1.82, 2.24) is 0 Å². The predicted octanol–water partition coefficient (Wildman–Crippen LogP) is 5.35. The molecule has 0 aliphatic heterocycles. The van der Waals surface area contributed by atoms with Crippen LogP contribution in [-0.2, 0) is 0 Å². The van der Waals surface area contributed by atoms with Gasteiger partial charge in [-0.3, -0.25) is 0 Å². The van der Waals surface area contributed by atoms with Crippen LogP contribution >= 0.6 is 22.6 Å². The van der Waals surface area contributed by atoms with Crippen molar-refractivity contribution in [3.8, 4) is 0 Å². The largest absolute Gasteiger partial charge is 0.453 e. The van der Waals surface area contributed by atoms with E-state index in [1.807, 2.05) is 6.92 Å². The first-order valence-electron chi connectivity index (χ1n) is 5.21.